The first-order valence-electron chi connectivity index (χ1n) is 7.76. The number of benzene rings is 1. The molecule has 0 radical (unpaired) electrons. The summed E-state index contributed by atoms with van der Waals surface area (Å²) in [4.78, 5) is 26.1. The van der Waals surface area contributed by atoms with Crippen molar-refractivity contribution in [3.63, 3.8) is 0 Å². The summed E-state index contributed by atoms with van der Waals surface area (Å²) in [6, 6.07) is 7.23. The molecule has 0 unspecified atom stereocenters. The van der Waals surface area contributed by atoms with E-state index in [4.69, 9.17) is 11.6 Å². The highest BCUT2D eigenvalue weighted by Crippen LogP contribution is 2.26. The number of amides is 1. The van der Waals surface area contributed by atoms with Gasteiger partial charge in [0.1, 0.15) is 0 Å². The van der Waals surface area contributed by atoms with Crippen LogP contribution in [0.2, 0.25) is 5.02 Å². The molecule has 23 heavy (non-hydrogen) atoms. The van der Waals surface area contributed by atoms with E-state index in [-0.39, 0.29) is 17.9 Å². The van der Waals surface area contributed by atoms with E-state index in [2.05, 4.69) is 5.10 Å². The van der Waals surface area contributed by atoms with Crippen LogP contribution >= 0.6 is 11.6 Å². The van der Waals surface area contributed by atoms with Gasteiger partial charge in [-0.25, -0.2) is 0 Å². The van der Waals surface area contributed by atoms with Crippen molar-refractivity contribution in [3.8, 4) is 0 Å². The summed E-state index contributed by atoms with van der Waals surface area (Å²) in [5.41, 5.74) is 2.80. The number of fused-ring (bicyclic) bond motifs is 1. The molecule has 0 saturated carbocycles. The maximum absolute atomic E-state index is 12.5. The molecule has 1 amide bonds. The van der Waals surface area contributed by atoms with Crippen molar-refractivity contribution in [1.82, 2.24) is 14.7 Å². The molecular formula is C17H20ClN3O2. The van der Waals surface area contributed by atoms with Crippen LogP contribution in [0.3, 0.4) is 0 Å². The number of halogens is 1. The van der Waals surface area contributed by atoms with Gasteiger partial charge >= 0.3 is 0 Å². The van der Waals surface area contributed by atoms with E-state index < -0.39 is 0 Å². The molecule has 0 spiro atoms. The van der Waals surface area contributed by atoms with Crippen LogP contribution in [0.1, 0.15) is 30.7 Å². The molecule has 1 aliphatic heterocycles. The second kappa shape index (κ2) is 6.24. The Hall–Kier alpha value is -2.01. The van der Waals surface area contributed by atoms with Crippen molar-refractivity contribution in [1.29, 1.82) is 0 Å². The SMILES string of the molecule is CC(C)Cn1[nH]c(CC(=O)N2Cc3ccc(Cl)cc3C2)cc1=O. The van der Waals surface area contributed by atoms with Gasteiger partial charge in [-0.1, -0.05) is 31.5 Å². The third-order valence-corrected chi connectivity index (χ3v) is 4.21. The van der Waals surface area contributed by atoms with Crippen molar-refractivity contribution < 1.29 is 4.79 Å². The van der Waals surface area contributed by atoms with E-state index in [1.165, 1.54) is 6.07 Å². The highest BCUT2D eigenvalue weighted by atomic mass is 35.5. The van der Waals surface area contributed by atoms with Gasteiger partial charge in [0.2, 0.25) is 5.91 Å². The van der Waals surface area contributed by atoms with Crippen LogP contribution in [0.4, 0.5) is 0 Å². The van der Waals surface area contributed by atoms with Crippen LogP contribution < -0.4 is 5.56 Å². The van der Waals surface area contributed by atoms with Gasteiger partial charge in [0.25, 0.3) is 5.56 Å². The number of nitrogens with one attached hydrogen (secondary N) is 1. The predicted molar refractivity (Wildman–Crippen MR) is 89.3 cm³/mol. The third kappa shape index (κ3) is 3.50. The minimum absolute atomic E-state index is 0.00951. The lowest BCUT2D eigenvalue weighted by Gasteiger charge is -2.14. The quantitative estimate of drug-likeness (QED) is 0.935. The molecule has 0 fully saturated rings. The smallest absolute Gasteiger partial charge is 0.266 e. The Morgan fingerprint density at radius 3 is 2.74 bits per heavy atom. The number of H-pyrrole nitrogens is 1. The molecule has 0 aliphatic carbocycles. The van der Waals surface area contributed by atoms with E-state index in [0.717, 1.165) is 11.1 Å². The van der Waals surface area contributed by atoms with Crippen LogP contribution in [0.5, 0.6) is 0 Å². The van der Waals surface area contributed by atoms with E-state index in [9.17, 15) is 9.59 Å². The Morgan fingerprint density at radius 2 is 2.00 bits per heavy atom. The predicted octanol–water partition coefficient (Wildman–Crippen LogP) is 2.57. The molecule has 2 aromatic rings. The van der Waals surface area contributed by atoms with Gasteiger partial charge in [-0.3, -0.25) is 19.4 Å². The fraction of sp³-hybridized carbons (Fsp3) is 0.412. The van der Waals surface area contributed by atoms with Crippen LogP contribution in [0, 0.1) is 5.92 Å². The lowest BCUT2D eigenvalue weighted by molar-refractivity contribution is -0.131. The molecule has 1 N–H and O–H groups in total. The van der Waals surface area contributed by atoms with E-state index in [1.807, 2.05) is 32.0 Å². The number of rotatable bonds is 4. The van der Waals surface area contributed by atoms with Gasteiger partial charge in [-0.2, -0.15) is 0 Å². The number of nitrogens with zero attached hydrogens (tertiary/aromatic N) is 2. The van der Waals surface area contributed by atoms with Crippen LogP contribution in [0.15, 0.2) is 29.1 Å². The molecule has 122 valence electrons. The molecule has 0 bridgehead atoms. The summed E-state index contributed by atoms with van der Waals surface area (Å²) in [5.74, 6) is 0.378. The van der Waals surface area contributed by atoms with Gasteiger partial charge in [0.15, 0.2) is 0 Å². The van der Waals surface area contributed by atoms with E-state index >= 15 is 0 Å². The zero-order valence-corrected chi connectivity index (χ0v) is 14.1. The Balaban J connectivity index is 1.68. The number of hydrogen-bond donors (Lipinski definition) is 1. The van der Waals surface area contributed by atoms with E-state index in [0.29, 0.717) is 36.3 Å². The van der Waals surface area contributed by atoms with Crippen LogP contribution in [-0.4, -0.2) is 20.6 Å². The second-order valence-corrected chi connectivity index (χ2v) is 6.90. The molecule has 3 rings (SSSR count). The molecule has 1 aromatic heterocycles. The number of aromatic nitrogens is 2. The van der Waals surface area contributed by atoms with Crippen LogP contribution in [-0.2, 0) is 30.8 Å². The summed E-state index contributed by atoms with van der Waals surface area (Å²) in [6.07, 6.45) is 0.210. The number of carbonyl (C=O) groups is 1. The normalized spacial score (nSPS) is 13.7. The van der Waals surface area contributed by atoms with Crippen molar-refractivity contribution in [2.24, 2.45) is 5.92 Å². The van der Waals surface area contributed by atoms with Crippen molar-refractivity contribution >= 4 is 17.5 Å². The highest BCUT2D eigenvalue weighted by Gasteiger charge is 2.24. The van der Waals surface area contributed by atoms with Crippen molar-refractivity contribution in [2.45, 2.75) is 39.9 Å². The second-order valence-electron chi connectivity index (χ2n) is 6.46. The first-order chi connectivity index (χ1) is 10.9. The zero-order valence-electron chi connectivity index (χ0n) is 13.3. The first kappa shape index (κ1) is 15.9. The Labute approximate surface area is 139 Å². The zero-order chi connectivity index (χ0) is 16.6. The molecule has 0 saturated heterocycles. The molecule has 1 aromatic carbocycles. The molecular weight excluding hydrogens is 314 g/mol. The summed E-state index contributed by atoms with van der Waals surface area (Å²) in [5, 5.41) is 3.72. The third-order valence-electron chi connectivity index (χ3n) is 3.98. The maximum Gasteiger partial charge on any atom is 0.266 e. The molecule has 5 nitrogen and oxygen atoms in total. The molecule has 1 aliphatic rings. The number of hydrogen-bond acceptors (Lipinski definition) is 2. The first-order valence-corrected chi connectivity index (χ1v) is 8.14. The molecule has 0 atom stereocenters. The molecule has 2 heterocycles. The number of aromatic amines is 1. The Morgan fingerprint density at radius 1 is 1.26 bits per heavy atom. The minimum Gasteiger partial charge on any atom is -0.334 e. The average Bonchev–Trinajstić information content (AvgIpc) is 3.02. The standard InChI is InChI=1S/C17H20ClN3O2/c1-11(2)8-21-17(23)7-15(19-21)6-16(22)20-9-12-3-4-14(18)5-13(12)10-20/h3-5,7,11,19H,6,8-10H2,1-2H3. The summed E-state index contributed by atoms with van der Waals surface area (Å²) < 4.78 is 1.56. The lowest BCUT2D eigenvalue weighted by Crippen LogP contribution is -2.27. The fourth-order valence-corrected chi connectivity index (χ4v) is 3.09. The fourth-order valence-electron chi connectivity index (χ4n) is 2.89. The molecule has 6 heteroatoms. The lowest BCUT2D eigenvalue weighted by atomic mass is 10.1. The monoisotopic (exact) mass is 333 g/mol. The van der Waals surface area contributed by atoms with Crippen molar-refractivity contribution in [2.75, 3.05) is 0 Å². The summed E-state index contributed by atoms with van der Waals surface area (Å²) in [7, 11) is 0. The van der Waals surface area contributed by atoms with Crippen LogP contribution in [0.25, 0.3) is 0 Å². The van der Waals surface area contributed by atoms with Gasteiger partial charge in [-0.05, 0) is 29.2 Å². The van der Waals surface area contributed by atoms with E-state index in [1.54, 1.807) is 9.58 Å². The van der Waals surface area contributed by atoms with Gasteiger partial charge in [0.05, 0.1) is 6.42 Å². The average molecular weight is 334 g/mol. The van der Waals surface area contributed by atoms with Crippen molar-refractivity contribution in [3.05, 3.63) is 56.5 Å². The van der Waals surface area contributed by atoms with Gasteiger partial charge in [0, 0.05) is 36.4 Å². The highest BCUT2D eigenvalue weighted by molar-refractivity contribution is 6.30. The topological polar surface area (TPSA) is 58.1 Å². The summed E-state index contributed by atoms with van der Waals surface area (Å²) >= 11 is 6.00. The largest absolute Gasteiger partial charge is 0.334 e. The van der Waals surface area contributed by atoms with Gasteiger partial charge < -0.3 is 4.90 Å². The Bertz CT molecular complexity index is 791. The Kier molecular flexibility index (Phi) is 4.31. The minimum atomic E-state index is -0.0852. The summed E-state index contributed by atoms with van der Waals surface area (Å²) in [6.45, 7) is 5.89. The number of carbonyl (C=O) groups excluding carboxylic acids is 1. The van der Waals surface area contributed by atoms with Gasteiger partial charge in [-0.15, -0.1) is 0 Å². The maximum atomic E-state index is 12.5.